The molecule has 0 saturated heterocycles. The van der Waals surface area contributed by atoms with Crippen LogP contribution in [0.1, 0.15) is 18.1 Å². The molecule has 0 radical (unpaired) electrons. The number of aryl methyl sites for hydroxylation is 1. The van der Waals surface area contributed by atoms with Crippen molar-refractivity contribution in [3.63, 3.8) is 0 Å². The van der Waals surface area contributed by atoms with E-state index in [0.717, 1.165) is 11.1 Å². The molecule has 0 bridgehead atoms. The Hall–Kier alpha value is -2.89. The predicted octanol–water partition coefficient (Wildman–Crippen LogP) is 2.20. The monoisotopic (exact) mass is 310 g/mol. The largest absolute Gasteiger partial charge is 0.310 e. The molecule has 1 unspecified atom stereocenters. The Morgan fingerprint density at radius 1 is 1.39 bits per heavy atom. The third kappa shape index (κ3) is 3.15. The number of anilines is 2. The Morgan fingerprint density at radius 2 is 2.13 bits per heavy atom. The lowest BCUT2D eigenvalue weighted by molar-refractivity contribution is -0.119. The highest BCUT2D eigenvalue weighted by molar-refractivity contribution is 6.03. The quantitative estimate of drug-likeness (QED) is 0.853. The first-order valence-electron chi connectivity index (χ1n) is 7.45. The molecule has 6 nitrogen and oxygen atoms in total. The number of nitrogens with one attached hydrogen (secondary N) is 2. The van der Waals surface area contributed by atoms with Gasteiger partial charge in [0.25, 0.3) is 0 Å². The number of benzene rings is 1. The van der Waals surface area contributed by atoms with Crippen molar-refractivity contribution in [1.82, 2.24) is 9.78 Å². The zero-order valence-corrected chi connectivity index (χ0v) is 13.0. The molecule has 1 atom stereocenters. The minimum absolute atomic E-state index is 0.0256. The Morgan fingerprint density at radius 3 is 2.87 bits per heavy atom. The molecule has 0 spiro atoms. The van der Waals surface area contributed by atoms with E-state index in [1.165, 1.54) is 6.08 Å². The fourth-order valence-corrected chi connectivity index (χ4v) is 2.55. The normalized spacial score (nSPS) is 17.0. The smallest absolute Gasteiger partial charge is 0.249 e. The molecule has 6 heteroatoms. The fourth-order valence-electron chi connectivity index (χ4n) is 2.55. The van der Waals surface area contributed by atoms with E-state index < -0.39 is 0 Å². The summed E-state index contributed by atoms with van der Waals surface area (Å²) in [7, 11) is 1.74. The molecule has 1 aromatic carbocycles. The lowest BCUT2D eigenvalue weighted by Crippen LogP contribution is -2.28. The van der Waals surface area contributed by atoms with Gasteiger partial charge in [0.2, 0.25) is 11.8 Å². The summed E-state index contributed by atoms with van der Waals surface area (Å²) in [6, 6.07) is 9.59. The molecule has 2 heterocycles. The molecule has 1 aliphatic heterocycles. The molecule has 2 amide bonds. The highest BCUT2D eigenvalue weighted by Gasteiger charge is 2.28. The molecule has 118 valence electrons. The van der Waals surface area contributed by atoms with Gasteiger partial charge in [-0.1, -0.05) is 37.3 Å². The highest BCUT2D eigenvalue weighted by atomic mass is 16.2. The summed E-state index contributed by atoms with van der Waals surface area (Å²) in [4.78, 5) is 23.8. The van der Waals surface area contributed by atoms with Crippen LogP contribution >= 0.6 is 0 Å². The third-order valence-corrected chi connectivity index (χ3v) is 3.81. The summed E-state index contributed by atoms with van der Waals surface area (Å²) in [6.07, 6.45) is 3.78. The molecule has 23 heavy (non-hydrogen) atoms. The number of nitrogens with zero attached hydrogens (tertiary/aromatic N) is 2. The summed E-state index contributed by atoms with van der Waals surface area (Å²) in [5.74, 6) is 0.733. The van der Waals surface area contributed by atoms with E-state index in [1.807, 2.05) is 37.3 Å². The molecule has 1 aromatic heterocycles. The summed E-state index contributed by atoms with van der Waals surface area (Å²) in [5.41, 5.74) is 1.81. The number of hydrogen-bond donors (Lipinski definition) is 2. The average Bonchev–Trinajstić information content (AvgIpc) is 2.82. The standard InChI is InChI=1S/C17H18N4O2/c1-11-10-13-15(20-21(2)16(13)19-17(11)23)18-14(22)9-8-12-6-4-3-5-7-12/h3-9,11H,10H2,1-2H3,(H,19,23)(H,18,20,22)/b9-8-. The highest BCUT2D eigenvalue weighted by Crippen LogP contribution is 2.30. The van der Waals surface area contributed by atoms with Crippen molar-refractivity contribution < 1.29 is 9.59 Å². The fraction of sp³-hybridized carbons (Fsp3) is 0.235. The average molecular weight is 310 g/mol. The van der Waals surface area contributed by atoms with E-state index in [0.29, 0.717) is 18.1 Å². The van der Waals surface area contributed by atoms with Crippen LogP contribution in [-0.2, 0) is 23.1 Å². The lowest BCUT2D eigenvalue weighted by Gasteiger charge is -2.19. The van der Waals surface area contributed by atoms with Crippen molar-refractivity contribution in [1.29, 1.82) is 0 Å². The first-order valence-corrected chi connectivity index (χ1v) is 7.45. The lowest BCUT2D eigenvalue weighted by atomic mass is 9.98. The van der Waals surface area contributed by atoms with Gasteiger partial charge < -0.3 is 10.6 Å². The summed E-state index contributed by atoms with van der Waals surface area (Å²) in [6.45, 7) is 1.85. The van der Waals surface area contributed by atoms with Crippen molar-refractivity contribution in [2.45, 2.75) is 13.3 Å². The molecule has 2 aromatic rings. The maximum atomic E-state index is 12.1. The molecule has 0 saturated carbocycles. The van der Waals surface area contributed by atoms with E-state index in [4.69, 9.17) is 0 Å². The number of carbonyl (C=O) groups is 2. The Balaban J connectivity index is 1.76. The maximum Gasteiger partial charge on any atom is 0.249 e. The summed E-state index contributed by atoms with van der Waals surface area (Å²) >= 11 is 0. The maximum absolute atomic E-state index is 12.1. The summed E-state index contributed by atoms with van der Waals surface area (Å²) in [5, 5.41) is 9.90. The third-order valence-electron chi connectivity index (χ3n) is 3.81. The van der Waals surface area contributed by atoms with Crippen molar-refractivity contribution in [3.8, 4) is 0 Å². The predicted molar refractivity (Wildman–Crippen MR) is 88.8 cm³/mol. The number of fused-ring (bicyclic) bond motifs is 1. The number of amides is 2. The summed E-state index contributed by atoms with van der Waals surface area (Å²) < 4.78 is 1.58. The van der Waals surface area contributed by atoms with Crippen LogP contribution < -0.4 is 10.6 Å². The molecule has 0 aliphatic carbocycles. The van der Waals surface area contributed by atoms with E-state index in [2.05, 4.69) is 15.7 Å². The molecule has 0 fully saturated rings. The van der Waals surface area contributed by atoms with Crippen LogP contribution in [0.3, 0.4) is 0 Å². The van der Waals surface area contributed by atoms with Gasteiger partial charge in [0.1, 0.15) is 5.82 Å². The minimum Gasteiger partial charge on any atom is -0.310 e. The first-order chi connectivity index (χ1) is 11.0. The first kappa shape index (κ1) is 15.0. The van der Waals surface area contributed by atoms with Crippen LogP contribution in [-0.4, -0.2) is 21.6 Å². The topological polar surface area (TPSA) is 76.0 Å². The molecule has 2 N–H and O–H groups in total. The van der Waals surface area contributed by atoms with Crippen LogP contribution in [0.2, 0.25) is 0 Å². The van der Waals surface area contributed by atoms with Gasteiger partial charge in [-0.3, -0.25) is 14.3 Å². The van der Waals surface area contributed by atoms with Crippen LogP contribution in [0.15, 0.2) is 36.4 Å². The second kappa shape index (κ2) is 6.08. The van der Waals surface area contributed by atoms with Gasteiger partial charge in [0.15, 0.2) is 5.82 Å². The zero-order valence-electron chi connectivity index (χ0n) is 13.0. The van der Waals surface area contributed by atoms with Gasteiger partial charge in [-0.05, 0) is 18.1 Å². The SMILES string of the molecule is CC1Cc2c(NC(=O)/C=C\c3ccccc3)nn(C)c2NC1=O. The van der Waals surface area contributed by atoms with E-state index in [1.54, 1.807) is 17.8 Å². The van der Waals surface area contributed by atoms with E-state index in [-0.39, 0.29) is 17.7 Å². The van der Waals surface area contributed by atoms with Crippen molar-refractivity contribution in [3.05, 3.63) is 47.5 Å². The zero-order chi connectivity index (χ0) is 16.4. The second-order valence-corrected chi connectivity index (χ2v) is 5.63. The number of carbonyl (C=O) groups excluding carboxylic acids is 2. The van der Waals surface area contributed by atoms with Gasteiger partial charge in [0.05, 0.1) is 0 Å². The number of aromatic nitrogens is 2. The van der Waals surface area contributed by atoms with Crippen LogP contribution in [0.25, 0.3) is 6.08 Å². The minimum atomic E-state index is -0.251. The molecular weight excluding hydrogens is 292 g/mol. The van der Waals surface area contributed by atoms with Crippen LogP contribution in [0, 0.1) is 5.92 Å². The molecular formula is C17H18N4O2. The van der Waals surface area contributed by atoms with Crippen molar-refractivity contribution >= 4 is 29.5 Å². The molecule has 1 aliphatic rings. The Bertz CT molecular complexity index is 777. The van der Waals surface area contributed by atoms with Gasteiger partial charge in [-0.25, -0.2) is 0 Å². The van der Waals surface area contributed by atoms with Crippen molar-refractivity contribution in [2.75, 3.05) is 10.6 Å². The van der Waals surface area contributed by atoms with E-state index in [9.17, 15) is 9.59 Å². The second-order valence-electron chi connectivity index (χ2n) is 5.63. The van der Waals surface area contributed by atoms with Gasteiger partial charge in [0, 0.05) is 24.6 Å². The number of hydrogen-bond acceptors (Lipinski definition) is 3. The van der Waals surface area contributed by atoms with Crippen LogP contribution in [0.5, 0.6) is 0 Å². The number of rotatable bonds is 3. The van der Waals surface area contributed by atoms with Gasteiger partial charge >= 0.3 is 0 Å². The van der Waals surface area contributed by atoms with Gasteiger partial charge in [-0.15, -0.1) is 0 Å². The Kier molecular flexibility index (Phi) is 3.97. The molecule has 3 rings (SSSR count). The van der Waals surface area contributed by atoms with E-state index >= 15 is 0 Å². The van der Waals surface area contributed by atoms with Gasteiger partial charge in [-0.2, -0.15) is 5.10 Å². The van der Waals surface area contributed by atoms with Crippen molar-refractivity contribution in [2.24, 2.45) is 13.0 Å². The Labute approximate surface area is 134 Å². The van der Waals surface area contributed by atoms with Crippen LogP contribution in [0.4, 0.5) is 11.6 Å².